The molecule has 2 heterocycles. The molecule has 0 atom stereocenters. The first-order valence-corrected chi connectivity index (χ1v) is 9.47. The Morgan fingerprint density at radius 3 is 2.69 bits per heavy atom. The van der Waals surface area contributed by atoms with E-state index in [0.717, 1.165) is 33.5 Å². The van der Waals surface area contributed by atoms with E-state index in [0.29, 0.717) is 23.9 Å². The molecule has 2 N–H and O–H groups in total. The van der Waals surface area contributed by atoms with Crippen LogP contribution in [0, 0.1) is 13.8 Å². The van der Waals surface area contributed by atoms with Gasteiger partial charge in [-0.15, -0.1) is 0 Å². The van der Waals surface area contributed by atoms with Crippen molar-refractivity contribution in [2.75, 3.05) is 7.11 Å². The van der Waals surface area contributed by atoms with Crippen LogP contribution in [0.2, 0.25) is 0 Å². The van der Waals surface area contributed by atoms with Crippen molar-refractivity contribution in [2.45, 2.75) is 26.8 Å². The number of H-pyrrole nitrogens is 1. The molecule has 0 spiro atoms. The standard InChI is InChI=1S/C23H23N3O3/c1-14-10-18-11-16(4-9-20(18)25-14)13-24-22(27)12-21-15(2)29-23(26-21)17-5-7-19(28-3)8-6-17/h4-11,25H,12-13H2,1-3H3,(H,24,27). The third-order valence-corrected chi connectivity index (χ3v) is 4.87. The average molecular weight is 389 g/mol. The van der Waals surface area contributed by atoms with Crippen LogP contribution in [0.3, 0.4) is 0 Å². The summed E-state index contributed by atoms with van der Waals surface area (Å²) >= 11 is 0. The maximum absolute atomic E-state index is 12.4. The smallest absolute Gasteiger partial charge is 0.226 e. The molecule has 0 bridgehead atoms. The number of hydrogen-bond donors (Lipinski definition) is 2. The molecule has 0 aliphatic heterocycles. The van der Waals surface area contributed by atoms with Crippen molar-refractivity contribution in [3.63, 3.8) is 0 Å². The molecule has 0 aliphatic carbocycles. The van der Waals surface area contributed by atoms with Crippen LogP contribution in [0.25, 0.3) is 22.4 Å². The minimum Gasteiger partial charge on any atom is -0.497 e. The highest BCUT2D eigenvalue weighted by atomic mass is 16.5. The number of nitrogens with zero attached hydrogens (tertiary/aromatic N) is 1. The van der Waals surface area contributed by atoms with Gasteiger partial charge in [-0.1, -0.05) is 6.07 Å². The maximum Gasteiger partial charge on any atom is 0.226 e. The number of aromatic nitrogens is 2. The lowest BCUT2D eigenvalue weighted by molar-refractivity contribution is -0.120. The van der Waals surface area contributed by atoms with Gasteiger partial charge in [-0.05, 0) is 67.3 Å². The number of fused-ring (bicyclic) bond motifs is 1. The van der Waals surface area contributed by atoms with Crippen LogP contribution in [-0.4, -0.2) is 23.0 Å². The molecule has 0 saturated carbocycles. The fraction of sp³-hybridized carbons (Fsp3) is 0.217. The number of benzene rings is 2. The number of aryl methyl sites for hydroxylation is 2. The summed E-state index contributed by atoms with van der Waals surface area (Å²) in [6.07, 6.45) is 0.178. The lowest BCUT2D eigenvalue weighted by Crippen LogP contribution is -2.24. The van der Waals surface area contributed by atoms with E-state index in [1.165, 1.54) is 0 Å². The zero-order chi connectivity index (χ0) is 20.4. The van der Waals surface area contributed by atoms with Crippen LogP contribution >= 0.6 is 0 Å². The van der Waals surface area contributed by atoms with Gasteiger partial charge in [-0.25, -0.2) is 4.98 Å². The van der Waals surface area contributed by atoms with Gasteiger partial charge in [-0.2, -0.15) is 0 Å². The van der Waals surface area contributed by atoms with E-state index in [1.807, 2.05) is 50.2 Å². The number of nitrogens with one attached hydrogen (secondary N) is 2. The molecule has 148 valence electrons. The Kier molecular flexibility index (Phi) is 5.08. The minimum absolute atomic E-state index is 0.0898. The lowest BCUT2D eigenvalue weighted by atomic mass is 10.1. The van der Waals surface area contributed by atoms with Crippen LogP contribution in [0.1, 0.15) is 22.7 Å². The highest BCUT2D eigenvalue weighted by molar-refractivity contribution is 5.82. The van der Waals surface area contributed by atoms with Crippen LogP contribution in [0.4, 0.5) is 0 Å². The molecule has 4 aromatic rings. The summed E-state index contributed by atoms with van der Waals surface area (Å²) in [5, 5.41) is 4.11. The van der Waals surface area contributed by atoms with Crippen LogP contribution in [0.5, 0.6) is 5.75 Å². The quantitative estimate of drug-likeness (QED) is 0.515. The fourth-order valence-electron chi connectivity index (χ4n) is 3.30. The van der Waals surface area contributed by atoms with Crippen molar-refractivity contribution >= 4 is 16.8 Å². The predicted molar refractivity (Wildman–Crippen MR) is 112 cm³/mol. The molecule has 6 heteroatoms. The van der Waals surface area contributed by atoms with E-state index in [9.17, 15) is 4.79 Å². The average Bonchev–Trinajstić information content (AvgIpc) is 3.27. The Labute approximate surface area is 168 Å². The van der Waals surface area contributed by atoms with Crippen LogP contribution < -0.4 is 10.1 Å². The van der Waals surface area contributed by atoms with Gasteiger partial charge in [0.15, 0.2) is 0 Å². The normalized spacial score (nSPS) is 11.0. The number of ether oxygens (including phenoxy) is 1. The summed E-state index contributed by atoms with van der Waals surface area (Å²) in [6, 6.07) is 15.7. The first-order valence-electron chi connectivity index (χ1n) is 9.47. The second-order valence-electron chi connectivity index (χ2n) is 7.08. The van der Waals surface area contributed by atoms with Crippen molar-refractivity contribution in [2.24, 2.45) is 0 Å². The summed E-state index contributed by atoms with van der Waals surface area (Å²) < 4.78 is 10.9. The molecule has 6 nitrogen and oxygen atoms in total. The minimum atomic E-state index is -0.0898. The zero-order valence-corrected chi connectivity index (χ0v) is 16.7. The third-order valence-electron chi connectivity index (χ3n) is 4.87. The Morgan fingerprint density at radius 2 is 1.93 bits per heavy atom. The molecule has 0 unspecified atom stereocenters. The summed E-state index contributed by atoms with van der Waals surface area (Å²) in [6.45, 7) is 4.33. The van der Waals surface area contributed by atoms with Crippen molar-refractivity contribution in [3.8, 4) is 17.2 Å². The SMILES string of the molecule is COc1ccc(-c2nc(CC(=O)NCc3ccc4[nH]c(C)cc4c3)c(C)o2)cc1. The van der Waals surface area contributed by atoms with E-state index in [-0.39, 0.29) is 12.3 Å². The first kappa shape index (κ1) is 18.8. The molecule has 0 fully saturated rings. The van der Waals surface area contributed by atoms with Crippen molar-refractivity contribution in [3.05, 3.63) is 71.2 Å². The Hall–Kier alpha value is -3.54. The lowest BCUT2D eigenvalue weighted by Gasteiger charge is -2.05. The van der Waals surface area contributed by atoms with Crippen molar-refractivity contribution in [1.82, 2.24) is 15.3 Å². The number of carbonyl (C=O) groups excluding carboxylic acids is 1. The van der Waals surface area contributed by atoms with Crippen molar-refractivity contribution < 1.29 is 13.9 Å². The van der Waals surface area contributed by atoms with Crippen LogP contribution in [-0.2, 0) is 17.8 Å². The monoisotopic (exact) mass is 389 g/mol. The highest BCUT2D eigenvalue weighted by Gasteiger charge is 2.15. The van der Waals surface area contributed by atoms with Gasteiger partial charge in [-0.3, -0.25) is 4.79 Å². The molecule has 29 heavy (non-hydrogen) atoms. The van der Waals surface area contributed by atoms with Gasteiger partial charge < -0.3 is 19.5 Å². The van der Waals surface area contributed by atoms with E-state index in [2.05, 4.69) is 27.4 Å². The van der Waals surface area contributed by atoms with Crippen molar-refractivity contribution in [1.29, 1.82) is 0 Å². The Bertz CT molecular complexity index is 1160. The molecule has 4 rings (SSSR count). The van der Waals surface area contributed by atoms with Gasteiger partial charge in [0, 0.05) is 23.3 Å². The molecule has 0 saturated heterocycles. The van der Waals surface area contributed by atoms with Gasteiger partial charge in [0.05, 0.1) is 19.2 Å². The van der Waals surface area contributed by atoms with Gasteiger partial charge in [0.25, 0.3) is 0 Å². The Balaban J connectivity index is 1.40. The van der Waals surface area contributed by atoms with Gasteiger partial charge in [0.1, 0.15) is 11.5 Å². The second kappa shape index (κ2) is 7.83. The topological polar surface area (TPSA) is 80.1 Å². The molecule has 2 aromatic carbocycles. The number of methoxy groups -OCH3 is 1. The maximum atomic E-state index is 12.4. The summed E-state index contributed by atoms with van der Waals surface area (Å²) in [5.41, 5.74) is 4.76. The van der Waals surface area contributed by atoms with E-state index in [1.54, 1.807) is 7.11 Å². The first-order chi connectivity index (χ1) is 14.0. The number of hydrogen-bond acceptors (Lipinski definition) is 4. The molecular formula is C23H23N3O3. The summed E-state index contributed by atoms with van der Waals surface area (Å²) in [7, 11) is 1.62. The third kappa shape index (κ3) is 4.16. The van der Waals surface area contributed by atoms with E-state index >= 15 is 0 Å². The molecule has 2 aromatic heterocycles. The number of rotatable bonds is 6. The van der Waals surface area contributed by atoms with Gasteiger partial charge in [0.2, 0.25) is 11.8 Å². The second-order valence-corrected chi connectivity index (χ2v) is 7.08. The number of aromatic amines is 1. The van der Waals surface area contributed by atoms with Gasteiger partial charge >= 0.3 is 0 Å². The summed E-state index contributed by atoms with van der Waals surface area (Å²) in [5.74, 6) is 1.83. The Morgan fingerprint density at radius 1 is 1.14 bits per heavy atom. The van der Waals surface area contributed by atoms with E-state index in [4.69, 9.17) is 9.15 Å². The fourth-order valence-corrected chi connectivity index (χ4v) is 3.30. The summed E-state index contributed by atoms with van der Waals surface area (Å²) in [4.78, 5) is 20.2. The predicted octanol–water partition coefficient (Wildman–Crippen LogP) is 4.31. The largest absolute Gasteiger partial charge is 0.497 e. The molecule has 0 aliphatic rings. The molecule has 0 radical (unpaired) electrons. The zero-order valence-electron chi connectivity index (χ0n) is 16.7. The van der Waals surface area contributed by atoms with Crippen LogP contribution in [0.15, 0.2) is 52.9 Å². The molecule has 1 amide bonds. The van der Waals surface area contributed by atoms with E-state index < -0.39 is 0 Å². The highest BCUT2D eigenvalue weighted by Crippen LogP contribution is 2.24. The number of oxazole rings is 1. The number of amides is 1. The molecular weight excluding hydrogens is 366 g/mol. The number of carbonyl (C=O) groups is 1.